The minimum atomic E-state index is 0.000792. The van der Waals surface area contributed by atoms with Gasteiger partial charge in [0.2, 0.25) is 0 Å². The molecule has 4 nitrogen and oxygen atoms in total. The Bertz CT molecular complexity index is 662. The first kappa shape index (κ1) is 21.7. The van der Waals surface area contributed by atoms with Crippen molar-refractivity contribution < 1.29 is 18.9 Å². The standard InChI is InChI=1S/C23H34O4/c1-7-16(2)21-9-8-10-22-20(11-23(21)22)15-27-19(5)14-26-18(4)13-25-17(3)12-24-6/h7-10,15,17-19H,11-14H2,1-6H3/b16-7+,20-15+. The lowest BCUT2D eigenvalue weighted by molar-refractivity contribution is -0.0671. The first-order valence-electron chi connectivity index (χ1n) is 9.78. The normalized spacial score (nSPS) is 18.6. The maximum atomic E-state index is 5.88. The summed E-state index contributed by atoms with van der Waals surface area (Å²) in [4.78, 5) is 0. The van der Waals surface area contributed by atoms with Crippen LogP contribution >= 0.6 is 0 Å². The SMILES string of the molecule is C/C=C(\C)c1cccc2c1C/C2=C\OC(C)COC(C)COC(C)COC. The van der Waals surface area contributed by atoms with Gasteiger partial charge in [0.15, 0.2) is 0 Å². The topological polar surface area (TPSA) is 36.9 Å². The van der Waals surface area contributed by atoms with Gasteiger partial charge in [-0.05, 0) is 62.5 Å². The highest BCUT2D eigenvalue weighted by Crippen LogP contribution is 2.38. The molecule has 0 saturated carbocycles. The number of hydrogen-bond donors (Lipinski definition) is 0. The molecule has 1 aliphatic carbocycles. The molecule has 1 aromatic carbocycles. The van der Waals surface area contributed by atoms with Crippen LogP contribution in [0, 0.1) is 0 Å². The van der Waals surface area contributed by atoms with Crippen molar-refractivity contribution in [3.8, 4) is 0 Å². The van der Waals surface area contributed by atoms with Gasteiger partial charge in [0.05, 0.1) is 38.3 Å². The average Bonchev–Trinajstić information content (AvgIpc) is 2.64. The minimum absolute atomic E-state index is 0.000792. The number of hydrogen-bond acceptors (Lipinski definition) is 4. The fourth-order valence-electron chi connectivity index (χ4n) is 3.06. The van der Waals surface area contributed by atoms with Gasteiger partial charge in [-0.15, -0.1) is 0 Å². The molecular formula is C23H34O4. The van der Waals surface area contributed by atoms with Crippen molar-refractivity contribution in [1.82, 2.24) is 0 Å². The van der Waals surface area contributed by atoms with Gasteiger partial charge < -0.3 is 18.9 Å². The summed E-state index contributed by atoms with van der Waals surface area (Å²) in [6.45, 7) is 12.0. The van der Waals surface area contributed by atoms with E-state index in [1.165, 1.54) is 27.8 Å². The Balaban J connectivity index is 1.77. The lowest BCUT2D eigenvalue weighted by Gasteiger charge is -2.27. The van der Waals surface area contributed by atoms with E-state index in [-0.39, 0.29) is 18.3 Å². The fourth-order valence-corrected chi connectivity index (χ4v) is 3.06. The number of ether oxygens (including phenoxy) is 4. The first-order chi connectivity index (χ1) is 13.0. The van der Waals surface area contributed by atoms with Crippen LogP contribution in [0.3, 0.4) is 0 Å². The highest BCUT2D eigenvalue weighted by atomic mass is 16.6. The van der Waals surface area contributed by atoms with E-state index in [1.807, 2.05) is 27.0 Å². The van der Waals surface area contributed by atoms with E-state index in [2.05, 4.69) is 38.1 Å². The maximum absolute atomic E-state index is 5.88. The van der Waals surface area contributed by atoms with Gasteiger partial charge in [-0.2, -0.15) is 0 Å². The molecule has 0 aromatic heterocycles. The zero-order valence-electron chi connectivity index (χ0n) is 17.6. The van der Waals surface area contributed by atoms with Crippen LogP contribution < -0.4 is 0 Å². The van der Waals surface area contributed by atoms with Crippen LogP contribution in [0.1, 0.15) is 51.3 Å². The number of methoxy groups -OCH3 is 1. The van der Waals surface area contributed by atoms with Crippen molar-refractivity contribution in [2.75, 3.05) is 26.9 Å². The van der Waals surface area contributed by atoms with Crippen LogP contribution in [0.15, 0.2) is 30.5 Å². The van der Waals surface area contributed by atoms with E-state index in [4.69, 9.17) is 18.9 Å². The molecule has 150 valence electrons. The van der Waals surface area contributed by atoms with Crippen LogP contribution in [0.25, 0.3) is 11.1 Å². The van der Waals surface area contributed by atoms with Crippen LogP contribution in [-0.2, 0) is 25.4 Å². The first-order valence-corrected chi connectivity index (χ1v) is 9.78. The summed E-state index contributed by atoms with van der Waals surface area (Å²) in [5.74, 6) is 0. The molecular weight excluding hydrogens is 340 g/mol. The third-order valence-electron chi connectivity index (χ3n) is 4.82. The Labute approximate surface area is 164 Å². The minimum Gasteiger partial charge on any atom is -0.496 e. The number of allylic oxidation sites excluding steroid dienone is 3. The number of benzene rings is 1. The smallest absolute Gasteiger partial charge is 0.118 e. The summed E-state index contributed by atoms with van der Waals surface area (Å²) in [6, 6.07) is 6.48. The Hall–Kier alpha value is -1.62. The van der Waals surface area contributed by atoms with E-state index in [1.54, 1.807) is 7.11 Å². The van der Waals surface area contributed by atoms with Crippen LogP contribution in [0.5, 0.6) is 0 Å². The number of fused-ring (bicyclic) bond motifs is 1. The third-order valence-corrected chi connectivity index (χ3v) is 4.82. The quantitative estimate of drug-likeness (QED) is 0.518. The molecule has 2 rings (SSSR count). The fraction of sp³-hybridized carbons (Fsp3) is 0.565. The van der Waals surface area contributed by atoms with Gasteiger partial charge in [0.1, 0.15) is 6.10 Å². The predicted octanol–water partition coefficient (Wildman–Crippen LogP) is 4.87. The van der Waals surface area contributed by atoms with E-state index in [0.29, 0.717) is 19.8 Å². The molecule has 3 unspecified atom stereocenters. The van der Waals surface area contributed by atoms with Gasteiger partial charge in [-0.1, -0.05) is 24.3 Å². The summed E-state index contributed by atoms with van der Waals surface area (Å²) in [5, 5.41) is 0. The summed E-state index contributed by atoms with van der Waals surface area (Å²) in [6.07, 6.45) is 5.13. The molecule has 0 amide bonds. The Morgan fingerprint density at radius 1 is 1.04 bits per heavy atom. The van der Waals surface area contributed by atoms with E-state index in [9.17, 15) is 0 Å². The van der Waals surface area contributed by atoms with E-state index >= 15 is 0 Å². The van der Waals surface area contributed by atoms with Crippen molar-refractivity contribution in [3.05, 3.63) is 47.2 Å². The lowest BCUT2D eigenvalue weighted by Crippen LogP contribution is -2.26. The number of rotatable bonds is 11. The third kappa shape index (κ3) is 6.20. The van der Waals surface area contributed by atoms with Gasteiger partial charge in [0.25, 0.3) is 0 Å². The molecule has 0 fully saturated rings. The van der Waals surface area contributed by atoms with E-state index in [0.717, 1.165) is 6.42 Å². The van der Waals surface area contributed by atoms with Gasteiger partial charge in [0, 0.05) is 13.5 Å². The van der Waals surface area contributed by atoms with Crippen molar-refractivity contribution >= 4 is 11.1 Å². The second kappa shape index (κ2) is 10.6. The summed E-state index contributed by atoms with van der Waals surface area (Å²) < 4.78 is 22.4. The highest BCUT2D eigenvalue weighted by Gasteiger charge is 2.23. The predicted molar refractivity (Wildman–Crippen MR) is 111 cm³/mol. The summed E-state index contributed by atoms with van der Waals surface area (Å²) >= 11 is 0. The molecule has 0 spiro atoms. The van der Waals surface area contributed by atoms with Crippen LogP contribution in [0.2, 0.25) is 0 Å². The zero-order valence-corrected chi connectivity index (χ0v) is 17.6. The highest BCUT2D eigenvalue weighted by molar-refractivity contribution is 5.85. The second-order valence-corrected chi connectivity index (χ2v) is 7.31. The van der Waals surface area contributed by atoms with Crippen molar-refractivity contribution in [3.63, 3.8) is 0 Å². The molecule has 27 heavy (non-hydrogen) atoms. The van der Waals surface area contributed by atoms with Crippen molar-refractivity contribution in [2.45, 2.75) is 59.4 Å². The Morgan fingerprint density at radius 3 is 2.37 bits per heavy atom. The van der Waals surface area contributed by atoms with Gasteiger partial charge in [-0.25, -0.2) is 0 Å². The Kier molecular flexibility index (Phi) is 8.55. The molecule has 0 aliphatic heterocycles. The molecule has 4 heteroatoms. The molecule has 0 radical (unpaired) electrons. The molecule has 0 bridgehead atoms. The van der Waals surface area contributed by atoms with Gasteiger partial charge >= 0.3 is 0 Å². The zero-order chi connectivity index (χ0) is 19.8. The van der Waals surface area contributed by atoms with E-state index < -0.39 is 0 Å². The van der Waals surface area contributed by atoms with Crippen LogP contribution in [-0.4, -0.2) is 45.2 Å². The second-order valence-electron chi connectivity index (χ2n) is 7.31. The Morgan fingerprint density at radius 2 is 1.70 bits per heavy atom. The summed E-state index contributed by atoms with van der Waals surface area (Å²) in [5.41, 5.74) is 6.65. The van der Waals surface area contributed by atoms with Crippen LogP contribution in [0.4, 0.5) is 0 Å². The molecule has 1 aromatic rings. The molecule has 0 saturated heterocycles. The molecule has 0 heterocycles. The monoisotopic (exact) mass is 374 g/mol. The largest absolute Gasteiger partial charge is 0.496 e. The van der Waals surface area contributed by atoms with Crippen molar-refractivity contribution in [2.24, 2.45) is 0 Å². The maximum Gasteiger partial charge on any atom is 0.118 e. The molecule has 1 aliphatic rings. The molecule has 3 atom stereocenters. The van der Waals surface area contributed by atoms with Crippen molar-refractivity contribution in [1.29, 1.82) is 0 Å². The lowest BCUT2D eigenvalue weighted by atomic mass is 9.79. The van der Waals surface area contributed by atoms with Gasteiger partial charge in [-0.3, -0.25) is 0 Å². The average molecular weight is 375 g/mol. The molecule has 0 N–H and O–H groups in total. The summed E-state index contributed by atoms with van der Waals surface area (Å²) in [7, 11) is 1.68.